The van der Waals surface area contributed by atoms with Gasteiger partial charge in [0.1, 0.15) is 0 Å². The van der Waals surface area contributed by atoms with Crippen molar-refractivity contribution >= 4 is 11.4 Å². The first-order valence-electron chi connectivity index (χ1n) is 8.61. The zero-order valence-electron chi connectivity index (χ0n) is 14.1. The van der Waals surface area contributed by atoms with Crippen LogP contribution >= 0.6 is 0 Å². The summed E-state index contributed by atoms with van der Waals surface area (Å²) in [6.45, 7) is 11.6. The zero-order valence-corrected chi connectivity index (χ0v) is 14.1. The summed E-state index contributed by atoms with van der Waals surface area (Å²) >= 11 is 0. The van der Waals surface area contributed by atoms with E-state index < -0.39 is 0 Å². The van der Waals surface area contributed by atoms with Crippen LogP contribution in [0.15, 0.2) is 24.3 Å². The highest BCUT2D eigenvalue weighted by molar-refractivity contribution is 5.55. The second-order valence-electron chi connectivity index (χ2n) is 6.59. The summed E-state index contributed by atoms with van der Waals surface area (Å²) in [6.07, 6.45) is 1.88. The van der Waals surface area contributed by atoms with E-state index in [0.29, 0.717) is 0 Å². The Morgan fingerprint density at radius 3 is 2.32 bits per heavy atom. The van der Waals surface area contributed by atoms with Gasteiger partial charge in [-0.2, -0.15) is 0 Å². The fraction of sp³-hybridized carbons (Fsp3) is 0.667. The van der Waals surface area contributed by atoms with Crippen molar-refractivity contribution < 1.29 is 5.11 Å². The van der Waals surface area contributed by atoms with E-state index in [4.69, 9.17) is 5.11 Å². The van der Waals surface area contributed by atoms with Crippen LogP contribution in [0, 0.1) is 5.92 Å². The largest absolute Gasteiger partial charge is 0.396 e. The van der Waals surface area contributed by atoms with Crippen LogP contribution < -0.4 is 10.2 Å². The standard InChI is InChI=1S/C18H31N3O/c1-16(2)15-20-10-12-21(13-11-20)18-7-5-17(6-8-18)19-9-3-4-14-22/h5-8,16,19,22H,3-4,9-15H2,1-2H3. The molecule has 0 aliphatic carbocycles. The molecule has 1 aliphatic rings. The lowest BCUT2D eigenvalue weighted by atomic mass is 10.1. The van der Waals surface area contributed by atoms with E-state index in [2.05, 4.69) is 53.2 Å². The number of benzene rings is 1. The normalized spacial score (nSPS) is 16.3. The van der Waals surface area contributed by atoms with Gasteiger partial charge in [-0.05, 0) is 43.0 Å². The van der Waals surface area contributed by atoms with Gasteiger partial charge in [0.15, 0.2) is 0 Å². The number of hydrogen-bond acceptors (Lipinski definition) is 4. The minimum absolute atomic E-state index is 0.281. The maximum atomic E-state index is 8.77. The number of anilines is 2. The van der Waals surface area contributed by atoms with Gasteiger partial charge in [-0.25, -0.2) is 0 Å². The average Bonchev–Trinajstić information content (AvgIpc) is 2.52. The average molecular weight is 305 g/mol. The molecule has 1 heterocycles. The molecule has 1 saturated heterocycles. The summed E-state index contributed by atoms with van der Waals surface area (Å²) in [5.41, 5.74) is 2.49. The van der Waals surface area contributed by atoms with Crippen LogP contribution in [0.3, 0.4) is 0 Å². The smallest absolute Gasteiger partial charge is 0.0431 e. The van der Waals surface area contributed by atoms with Gasteiger partial charge >= 0.3 is 0 Å². The van der Waals surface area contributed by atoms with Gasteiger partial charge in [0.25, 0.3) is 0 Å². The van der Waals surface area contributed by atoms with E-state index in [9.17, 15) is 0 Å². The third kappa shape index (κ3) is 5.50. The Labute approximate surface area is 135 Å². The maximum Gasteiger partial charge on any atom is 0.0431 e. The third-order valence-corrected chi connectivity index (χ3v) is 4.14. The first-order chi connectivity index (χ1) is 10.7. The quantitative estimate of drug-likeness (QED) is 0.724. The van der Waals surface area contributed by atoms with Crippen LogP contribution in [0.2, 0.25) is 0 Å². The van der Waals surface area contributed by atoms with Gasteiger partial charge in [-0.15, -0.1) is 0 Å². The Bertz CT molecular complexity index is 411. The molecule has 0 amide bonds. The van der Waals surface area contributed by atoms with E-state index in [1.807, 2.05) is 0 Å². The van der Waals surface area contributed by atoms with Gasteiger partial charge in [0.2, 0.25) is 0 Å². The molecule has 0 bridgehead atoms. The topological polar surface area (TPSA) is 38.7 Å². The first-order valence-corrected chi connectivity index (χ1v) is 8.61. The van der Waals surface area contributed by atoms with Crippen LogP contribution in [0.5, 0.6) is 0 Å². The number of hydrogen-bond donors (Lipinski definition) is 2. The van der Waals surface area contributed by atoms with Crippen molar-refractivity contribution in [3.8, 4) is 0 Å². The molecule has 2 rings (SSSR count). The molecule has 0 atom stereocenters. The monoisotopic (exact) mass is 305 g/mol. The summed E-state index contributed by atoms with van der Waals surface area (Å²) in [5.74, 6) is 0.753. The molecule has 1 aromatic carbocycles. The molecule has 0 radical (unpaired) electrons. The predicted octanol–water partition coefficient (Wildman–Crippen LogP) is 2.65. The summed E-state index contributed by atoms with van der Waals surface area (Å²) < 4.78 is 0. The molecule has 0 spiro atoms. The van der Waals surface area contributed by atoms with Gasteiger partial charge in [0.05, 0.1) is 0 Å². The molecule has 1 aliphatic heterocycles. The fourth-order valence-corrected chi connectivity index (χ4v) is 2.96. The Kier molecular flexibility index (Phi) is 7.00. The van der Waals surface area contributed by atoms with E-state index in [1.165, 1.54) is 31.0 Å². The lowest BCUT2D eigenvalue weighted by Gasteiger charge is -2.36. The number of nitrogens with one attached hydrogen (secondary N) is 1. The van der Waals surface area contributed by atoms with Gasteiger partial charge in [-0.3, -0.25) is 4.90 Å². The molecule has 1 aromatic rings. The number of rotatable bonds is 8. The van der Waals surface area contributed by atoms with Gasteiger partial charge < -0.3 is 15.3 Å². The van der Waals surface area contributed by atoms with Crippen molar-refractivity contribution in [2.24, 2.45) is 5.92 Å². The van der Waals surface area contributed by atoms with E-state index >= 15 is 0 Å². The third-order valence-electron chi connectivity index (χ3n) is 4.14. The van der Waals surface area contributed by atoms with E-state index in [0.717, 1.165) is 38.4 Å². The van der Waals surface area contributed by atoms with E-state index in [1.54, 1.807) is 0 Å². The van der Waals surface area contributed by atoms with E-state index in [-0.39, 0.29) is 6.61 Å². The highest BCUT2D eigenvalue weighted by Crippen LogP contribution is 2.19. The molecule has 0 aromatic heterocycles. The van der Waals surface area contributed by atoms with Crippen molar-refractivity contribution in [2.75, 3.05) is 56.1 Å². The Morgan fingerprint density at radius 1 is 1.05 bits per heavy atom. The minimum Gasteiger partial charge on any atom is -0.396 e. The molecule has 1 fully saturated rings. The Balaban J connectivity index is 1.76. The molecular weight excluding hydrogens is 274 g/mol. The summed E-state index contributed by atoms with van der Waals surface area (Å²) in [7, 11) is 0. The summed E-state index contributed by atoms with van der Waals surface area (Å²) in [4.78, 5) is 5.05. The second-order valence-corrected chi connectivity index (χ2v) is 6.59. The fourth-order valence-electron chi connectivity index (χ4n) is 2.96. The molecule has 0 unspecified atom stereocenters. The molecule has 4 heteroatoms. The highest BCUT2D eigenvalue weighted by Gasteiger charge is 2.17. The lowest BCUT2D eigenvalue weighted by Crippen LogP contribution is -2.47. The zero-order chi connectivity index (χ0) is 15.8. The highest BCUT2D eigenvalue weighted by atomic mass is 16.2. The second kappa shape index (κ2) is 9.01. The SMILES string of the molecule is CC(C)CN1CCN(c2ccc(NCCCCO)cc2)CC1. The first kappa shape index (κ1) is 17.1. The van der Waals surface area contributed by atoms with Crippen LogP contribution in [0.1, 0.15) is 26.7 Å². The number of nitrogens with zero attached hydrogens (tertiary/aromatic N) is 2. The van der Waals surface area contributed by atoms with Crippen molar-refractivity contribution in [2.45, 2.75) is 26.7 Å². The van der Waals surface area contributed by atoms with Crippen LogP contribution in [-0.4, -0.2) is 55.9 Å². The molecule has 2 N–H and O–H groups in total. The van der Waals surface area contributed by atoms with Gasteiger partial charge in [0, 0.05) is 57.3 Å². The van der Waals surface area contributed by atoms with Crippen LogP contribution in [0.4, 0.5) is 11.4 Å². The maximum absolute atomic E-state index is 8.77. The lowest BCUT2D eigenvalue weighted by molar-refractivity contribution is 0.231. The van der Waals surface area contributed by atoms with Crippen LogP contribution in [-0.2, 0) is 0 Å². The molecular formula is C18H31N3O. The number of aliphatic hydroxyl groups excluding tert-OH is 1. The number of piperazine rings is 1. The molecule has 0 saturated carbocycles. The molecule has 22 heavy (non-hydrogen) atoms. The molecule has 124 valence electrons. The van der Waals surface area contributed by atoms with Crippen molar-refractivity contribution in [3.05, 3.63) is 24.3 Å². The van der Waals surface area contributed by atoms with Crippen LogP contribution in [0.25, 0.3) is 0 Å². The predicted molar refractivity (Wildman–Crippen MR) is 94.7 cm³/mol. The summed E-state index contributed by atoms with van der Waals surface area (Å²) in [6, 6.07) is 8.75. The number of aliphatic hydroxyl groups is 1. The van der Waals surface area contributed by atoms with Crippen molar-refractivity contribution in [3.63, 3.8) is 0 Å². The Hall–Kier alpha value is -1.26. The number of unbranched alkanes of at least 4 members (excludes halogenated alkanes) is 1. The van der Waals surface area contributed by atoms with Crippen molar-refractivity contribution in [1.82, 2.24) is 4.90 Å². The minimum atomic E-state index is 0.281. The van der Waals surface area contributed by atoms with Gasteiger partial charge in [-0.1, -0.05) is 13.8 Å². The Morgan fingerprint density at radius 2 is 1.73 bits per heavy atom. The molecule has 4 nitrogen and oxygen atoms in total. The summed E-state index contributed by atoms with van der Waals surface area (Å²) in [5, 5.41) is 12.2. The van der Waals surface area contributed by atoms with Crippen molar-refractivity contribution in [1.29, 1.82) is 0 Å².